The van der Waals surface area contributed by atoms with Crippen molar-refractivity contribution in [1.82, 2.24) is 5.01 Å². The van der Waals surface area contributed by atoms with Crippen LogP contribution in [-0.4, -0.2) is 18.1 Å². The molecule has 1 aliphatic heterocycles. The second-order valence-electron chi connectivity index (χ2n) is 3.14. The van der Waals surface area contributed by atoms with Gasteiger partial charge in [-0.1, -0.05) is 6.92 Å². The average molecular weight is 112 g/mol. The minimum Gasteiger partial charge on any atom is -0.269 e. The smallest absolute Gasteiger partial charge is 0.0162 e. The summed E-state index contributed by atoms with van der Waals surface area (Å²) in [6.07, 6.45) is 0. The largest absolute Gasteiger partial charge is 0.269 e. The van der Waals surface area contributed by atoms with E-state index in [2.05, 4.69) is 6.92 Å². The molecule has 2 fully saturated rings. The lowest BCUT2D eigenvalue weighted by atomic mass is 10.3. The van der Waals surface area contributed by atoms with Crippen LogP contribution in [0.3, 0.4) is 0 Å². The molecule has 2 nitrogen and oxygen atoms in total. The van der Waals surface area contributed by atoms with Crippen LogP contribution in [0.5, 0.6) is 0 Å². The van der Waals surface area contributed by atoms with Crippen molar-refractivity contribution in [2.75, 3.05) is 13.1 Å². The van der Waals surface area contributed by atoms with Gasteiger partial charge in [0.05, 0.1) is 0 Å². The Morgan fingerprint density at radius 2 is 1.88 bits per heavy atom. The van der Waals surface area contributed by atoms with Crippen molar-refractivity contribution < 1.29 is 0 Å². The van der Waals surface area contributed by atoms with Gasteiger partial charge in [-0.05, 0) is 17.8 Å². The number of hydrazine groups is 1. The number of hydrogen-bond donors (Lipinski definition) is 1. The van der Waals surface area contributed by atoms with E-state index in [9.17, 15) is 0 Å². The van der Waals surface area contributed by atoms with Crippen molar-refractivity contribution in [3.05, 3.63) is 0 Å². The summed E-state index contributed by atoms with van der Waals surface area (Å²) in [7, 11) is 0. The van der Waals surface area contributed by atoms with Crippen LogP contribution in [0, 0.1) is 17.8 Å². The fourth-order valence-corrected chi connectivity index (χ4v) is 1.86. The van der Waals surface area contributed by atoms with E-state index in [1.807, 2.05) is 5.01 Å². The Labute approximate surface area is 49.6 Å². The van der Waals surface area contributed by atoms with Crippen molar-refractivity contribution in [2.24, 2.45) is 23.6 Å². The maximum absolute atomic E-state index is 5.55. The number of rotatable bonds is 0. The molecule has 8 heavy (non-hydrogen) atoms. The van der Waals surface area contributed by atoms with Crippen LogP contribution in [-0.2, 0) is 0 Å². The van der Waals surface area contributed by atoms with Crippen molar-refractivity contribution in [2.45, 2.75) is 6.92 Å². The Kier molecular flexibility index (Phi) is 0.746. The summed E-state index contributed by atoms with van der Waals surface area (Å²) >= 11 is 0. The number of nitrogens with zero attached hydrogens (tertiary/aromatic N) is 1. The fourth-order valence-electron chi connectivity index (χ4n) is 1.86. The van der Waals surface area contributed by atoms with Crippen molar-refractivity contribution in [3.8, 4) is 0 Å². The van der Waals surface area contributed by atoms with E-state index < -0.39 is 0 Å². The number of hydrogen-bond acceptors (Lipinski definition) is 2. The molecule has 2 rings (SSSR count). The maximum atomic E-state index is 5.55. The Balaban J connectivity index is 2.00. The highest BCUT2D eigenvalue weighted by Gasteiger charge is 2.51. The van der Waals surface area contributed by atoms with E-state index in [1.165, 1.54) is 0 Å². The first-order valence-electron chi connectivity index (χ1n) is 3.28. The fraction of sp³-hybridized carbons (Fsp3) is 1.00. The monoisotopic (exact) mass is 112 g/mol. The molecular weight excluding hydrogens is 100 g/mol. The van der Waals surface area contributed by atoms with Gasteiger partial charge in [0.2, 0.25) is 0 Å². The van der Waals surface area contributed by atoms with Crippen molar-refractivity contribution in [3.63, 3.8) is 0 Å². The lowest BCUT2D eigenvalue weighted by Gasteiger charge is -2.09. The van der Waals surface area contributed by atoms with E-state index in [0.717, 1.165) is 30.8 Å². The summed E-state index contributed by atoms with van der Waals surface area (Å²) in [6, 6.07) is 0. The number of fused-ring (bicyclic) bond motifs is 1. The quantitative estimate of drug-likeness (QED) is 0.449. The van der Waals surface area contributed by atoms with Gasteiger partial charge >= 0.3 is 0 Å². The first-order valence-corrected chi connectivity index (χ1v) is 3.28. The van der Waals surface area contributed by atoms with E-state index in [0.29, 0.717) is 0 Å². The zero-order valence-corrected chi connectivity index (χ0v) is 5.17. The second-order valence-corrected chi connectivity index (χ2v) is 3.14. The van der Waals surface area contributed by atoms with Crippen LogP contribution < -0.4 is 5.84 Å². The molecule has 1 heterocycles. The van der Waals surface area contributed by atoms with E-state index in [-0.39, 0.29) is 0 Å². The van der Waals surface area contributed by atoms with E-state index in [1.54, 1.807) is 0 Å². The lowest BCUT2D eigenvalue weighted by molar-refractivity contribution is 0.300. The molecule has 0 amide bonds. The van der Waals surface area contributed by atoms with Gasteiger partial charge in [0.15, 0.2) is 0 Å². The zero-order chi connectivity index (χ0) is 5.72. The summed E-state index contributed by atoms with van der Waals surface area (Å²) in [4.78, 5) is 0. The molecule has 1 saturated carbocycles. The number of nitrogens with two attached hydrogens (primary N) is 1. The molecule has 0 aromatic carbocycles. The number of piperidine rings is 1. The van der Waals surface area contributed by atoms with Crippen LogP contribution >= 0.6 is 0 Å². The maximum Gasteiger partial charge on any atom is 0.0162 e. The highest BCUT2D eigenvalue weighted by atomic mass is 15.4. The molecule has 0 spiro atoms. The third-order valence-corrected chi connectivity index (χ3v) is 2.65. The second kappa shape index (κ2) is 1.25. The molecule has 0 aromatic rings. The Bertz CT molecular complexity index is 101. The zero-order valence-electron chi connectivity index (χ0n) is 5.17. The first-order chi connectivity index (χ1) is 3.79. The molecule has 1 saturated heterocycles. The molecule has 2 heteroatoms. The van der Waals surface area contributed by atoms with E-state index in [4.69, 9.17) is 5.84 Å². The summed E-state index contributed by atoms with van der Waals surface area (Å²) in [6.45, 7) is 4.61. The van der Waals surface area contributed by atoms with Crippen LogP contribution in [0.4, 0.5) is 0 Å². The highest BCUT2D eigenvalue weighted by Crippen LogP contribution is 2.50. The molecule has 1 aliphatic carbocycles. The summed E-state index contributed by atoms with van der Waals surface area (Å²) in [5.41, 5.74) is 0. The van der Waals surface area contributed by atoms with Gasteiger partial charge in [0.1, 0.15) is 0 Å². The normalized spacial score (nSPS) is 54.0. The molecule has 3 atom stereocenters. The third-order valence-electron chi connectivity index (χ3n) is 2.65. The first kappa shape index (κ1) is 4.77. The predicted molar refractivity (Wildman–Crippen MR) is 31.9 cm³/mol. The highest BCUT2D eigenvalue weighted by molar-refractivity contribution is 5.01. The summed E-state index contributed by atoms with van der Waals surface area (Å²) in [5, 5.41) is 1.94. The SMILES string of the molecule is CC1[C@H]2CN(N)C[C@@H]12. The lowest BCUT2D eigenvalue weighted by Crippen LogP contribution is -2.30. The Morgan fingerprint density at radius 3 is 2.25 bits per heavy atom. The van der Waals surface area contributed by atoms with Gasteiger partial charge in [-0.3, -0.25) is 5.84 Å². The van der Waals surface area contributed by atoms with Crippen molar-refractivity contribution in [1.29, 1.82) is 0 Å². The average Bonchev–Trinajstić information content (AvgIpc) is 2.29. The van der Waals surface area contributed by atoms with Gasteiger partial charge in [-0.25, -0.2) is 5.01 Å². The van der Waals surface area contributed by atoms with Gasteiger partial charge in [-0.15, -0.1) is 0 Å². The molecule has 0 bridgehead atoms. The van der Waals surface area contributed by atoms with Crippen LogP contribution in [0.25, 0.3) is 0 Å². The third kappa shape index (κ3) is 0.446. The topological polar surface area (TPSA) is 29.3 Å². The van der Waals surface area contributed by atoms with Crippen LogP contribution in [0.15, 0.2) is 0 Å². The molecule has 46 valence electrons. The minimum atomic E-state index is 0.958. The van der Waals surface area contributed by atoms with Gasteiger partial charge < -0.3 is 0 Å². The minimum absolute atomic E-state index is 0.958. The molecule has 2 N–H and O–H groups in total. The molecule has 2 aliphatic rings. The molecule has 1 unspecified atom stereocenters. The predicted octanol–water partition coefficient (Wildman–Crippen LogP) is 0.0578. The molecule has 0 radical (unpaired) electrons. The van der Waals surface area contributed by atoms with Crippen molar-refractivity contribution >= 4 is 0 Å². The summed E-state index contributed by atoms with van der Waals surface area (Å²) in [5.74, 6) is 8.45. The van der Waals surface area contributed by atoms with Crippen LogP contribution in [0.2, 0.25) is 0 Å². The van der Waals surface area contributed by atoms with Crippen LogP contribution in [0.1, 0.15) is 6.92 Å². The van der Waals surface area contributed by atoms with Gasteiger partial charge in [0.25, 0.3) is 0 Å². The van der Waals surface area contributed by atoms with Gasteiger partial charge in [0, 0.05) is 13.1 Å². The standard InChI is InChI=1S/C6H12N2/c1-4-5-2-8(7)3-6(4)5/h4-6H,2-3,7H2,1H3/t4?,5-,6+. The summed E-state index contributed by atoms with van der Waals surface area (Å²) < 4.78 is 0. The molecular formula is C6H12N2. The Hall–Kier alpha value is -0.0800. The molecule has 0 aromatic heterocycles. The van der Waals surface area contributed by atoms with E-state index >= 15 is 0 Å². The van der Waals surface area contributed by atoms with Gasteiger partial charge in [-0.2, -0.15) is 0 Å². The Morgan fingerprint density at radius 1 is 1.38 bits per heavy atom.